The van der Waals surface area contributed by atoms with Crippen LogP contribution in [-0.2, 0) is 10.0 Å². The predicted molar refractivity (Wildman–Crippen MR) is 121 cm³/mol. The Balaban J connectivity index is 1.75. The summed E-state index contributed by atoms with van der Waals surface area (Å²) < 4.78 is 26.6. The molecule has 0 atom stereocenters. The number of amides is 1. The molecule has 1 aromatic carbocycles. The molecule has 0 aliphatic carbocycles. The van der Waals surface area contributed by atoms with Gasteiger partial charge in [0.1, 0.15) is 17.3 Å². The average Bonchev–Trinajstić information content (AvgIpc) is 3.41. The maximum atomic E-state index is 13.0. The molecule has 0 spiro atoms. The first-order valence-corrected chi connectivity index (χ1v) is 12.0. The van der Waals surface area contributed by atoms with E-state index in [-0.39, 0.29) is 29.1 Å². The van der Waals surface area contributed by atoms with E-state index in [1.807, 2.05) is 13.8 Å². The van der Waals surface area contributed by atoms with Crippen LogP contribution in [0.1, 0.15) is 30.0 Å². The third-order valence-electron chi connectivity index (χ3n) is 4.81. The smallest absolute Gasteiger partial charge is 0.272 e. The summed E-state index contributed by atoms with van der Waals surface area (Å²) in [7, 11) is -3.63. The Bertz CT molecular complexity index is 1580. The Morgan fingerprint density at radius 2 is 2.03 bits per heavy atom. The summed E-state index contributed by atoms with van der Waals surface area (Å²) in [4.78, 5) is 25.4. The van der Waals surface area contributed by atoms with Crippen molar-refractivity contribution in [1.29, 1.82) is 5.26 Å². The fraction of sp³-hybridized carbons (Fsp3) is 0.263. The number of rotatable bonds is 7. The summed E-state index contributed by atoms with van der Waals surface area (Å²) in [5.74, 6) is -0.170. The van der Waals surface area contributed by atoms with Crippen LogP contribution in [-0.4, -0.2) is 68.1 Å². The van der Waals surface area contributed by atoms with Crippen molar-refractivity contribution in [2.45, 2.75) is 13.8 Å². The van der Waals surface area contributed by atoms with Gasteiger partial charge in [-0.25, -0.2) is 13.4 Å². The molecule has 0 saturated heterocycles. The van der Waals surface area contributed by atoms with Gasteiger partial charge in [0.05, 0.1) is 23.7 Å². The second-order valence-corrected chi connectivity index (χ2v) is 8.85. The number of nitrogens with zero attached hydrogens (tertiary/aromatic N) is 9. The lowest BCUT2D eigenvalue weighted by molar-refractivity contribution is 0.0766. The molecule has 0 aliphatic heterocycles. The number of benzene rings is 1. The first kappa shape index (κ1) is 22.7. The summed E-state index contributed by atoms with van der Waals surface area (Å²) >= 11 is 0. The number of hydrogen-bond donors (Lipinski definition) is 2. The monoisotopic (exact) mass is 481 g/mol. The van der Waals surface area contributed by atoms with E-state index in [0.717, 1.165) is 6.26 Å². The number of carbonyl (C=O) groups excluding carboxylic acids is 1. The molecule has 0 unspecified atom stereocenters. The van der Waals surface area contributed by atoms with Crippen molar-refractivity contribution >= 4 is 50.2 Å². The van der Waals surface area contributed by atoms with Crippen LogP contribution in [0.25, 0.3) is 16.8 Å². The van der Waals surface area contributed by atoms with Crippen molar-refractivity contribution in [2.75, 3.05) is 24.1 Å². The topological polar surface area (TPSA) is 187 Å². The zero-order valence-electron chi connectivity index (χ0n) is 18.4. The molecule has 14 nitrogen and oxygen atoms in total. The molecular formula is C19H19N11O3S. The fourth-order valence-electron chi connectivity index (χ4n) is 3.25. The Morgan fingerprint density at radius 1 is 1.26 bits per heavy atom. The third kappa shape index (κ3) is 4.38. The van der Waals surface area contributed by atoms with Gasteiger partial charge in [-0.1, -0.05) is 0 Å². The summed E-state index contributed by atoms with van der Waals surface area (Å²) in [5.41, 5.74) is 1.69. The van der Waals surface area contributed by atoms with Crippen molar-refractivity contribution in [2.24, 2.45) is 10.2 Å². The number of azo groups is 1. The number of nitrogens with one attached hydrogen (secondary N) is 2. The number of nitriles is 1. The van der Waals surface area contributed by atoms with Crippen molar-refractivity contribution in [1.82, 2.24) is 34.4 Å². The lowest BCUT2D eigenvalue weighted by atomic mass is 10.2. The maximum Gasteiger partial charge on any atom is 0.272 e. The first-order chi connectivity index (χ1) is 16.2. The molecule has 3 aromatic heterocycles. The SMILES string of the molecule is CCN(CC)C(=O)c1cnc2nnc3ccc(/N=N/c4nc(NS(C)(=O)=O)c(C#N)[nH]4)cc3n12. The van der Waals surface area contributed by atoms with E-state index in [0.29, 0.717) is 35.5 Å². The van der Waals surface area contributed by atoms with Crippen LogP contribution < -0.4 is 4.72 Å². The number of H-pyrrole nitrogens is 1. The van der Waals surface area contributed by atoms with E-state index >= 15 is 0 Å². The van der Waals surface area contributed by atoms with Gasteiger partial charge >= 0.3 is 0 Å². The van der Waals surface area contributed by atoms with E-state index in [1.165, 1.54) is 6.20 Å². The number of sulfonamides is 1. The van der Waals surface area contributed by atoms with Gasteiger partial charge in [-0.3, -0.25) is 13.9 Å². The molecule has 2 N–H and O–H groups in total. The minimum atomic E-state index is -3.63. The number of anilines is 1. The highest BCUT2D eigenvalue weighted by Crippen LogP contribution is 2.24. The Labute approximate surface area is 193 Å². The van der Waals surface area contributed by atoms with Crippen molar-refractivity contribution in [3.05, 3.63) is 35.8 Å². The van der Waals surface area contributed by atoms with Crippen LogP contribution in [0.5, 0.6) is 0 Å². The number of aromatic nitrogens is 6. The standard InChI is InChI=1S/C19H19N11O3S/c1-4-29(5-2)17(31)15-10-21-19-27-25-12-7-6-11(8-14(12)30(15)19)24-26-18-22-13(9-20)16(23-18)28-34(3,32)33/h6-8,10,28H,4-5H2,1-3H3,(H,22,23)/b26-24+. The molecule has 0 radical (unpaired) electrons. The molecule has 0 fully saturated rings. The van der Waals surface area contributed by atoms with Crippen LogP contribution in [0.2, 0.25) is 0 Å². The maximum absolute atomic E-state index is 13.0. The fourth-order valence-corrected chi connectivity index (χ4v) is 3.75. The molecule has 15 heteroatoms. The highest BCUT2D eigenvalue weighted by atomic mass is 32.2. The van der Waals surface area contributed by atoms with Crippen LogP contribution in [0, 0.1) is 11.3 Å². The number of hydrogen-bond acceptors (Lipinski definition) is 10. The quantitative estimate of drug-likeness (QED) is 0.375. The molecule has 0 bridgehead atoms. The van der Waals surface area contributed by atoms with Gasteiger partial charge in [-0.15, -0.1) is 20.4 Å². The van der Waals surface area contributed by atoms with Gasteiger partial charge in [-0.05, 0) is 32.0 Å². The van der Waals surface area contributed by atoms with Crippen LogP contribution in [0.4, 0.5) is 17.5 Å². The zero-order valence-corrected chi connectivity index (χ0v) is 19.2. The molecule has 0 aliphatic rings. The summed E-state index contributed by atoms with van der Waals surface area (Å²) in [6.07, 6.45) is 2.40. The molecule has 3 heterocycles. The summed E-state index contributed by atoms with van der Waals surface area (Å²) in [6.45, 7) is 4.87. The third-order valence-corrected chi connectivity index (χ3v) is 5.37. The second kappa shape index (κ2) is 8.83. The van der Waals surface area contributed by atoms with Crippen LogP contribution >= 0.6 is 0 Å². The van der Waals surface area contributed by atoms with Crippen LogP contribution in [0.15, 0.2) is 34.6 Å². The first-order valence-electron chi connectivity index (χ1n) is 10.1. The van der Waals surface area contributed by atoms with Crippen LogP contribution in [0.3, 0.4) is 0 Å². The van der Waals surface area contributed by atoms with Gasteiger partial charge < -0.3 is 9.88 Å². The second-order valence-electron chi connectivity index (χ2n) is 7.10. The van der Waals surface area contributed by atoms with E-state index < -0.39 is 10.0 Å². The largest absolute Gasteiger partial charge is 0.338 e. The molecule has 4 aromatic rings. The Morgan fingerprint density at radius 3 is 2.71 bits per heavy atom. The highest BCUT2D eigenvalue weighted by molar-refractivity contribution is 7.92. The minimum absolute atomic E-state index is 0.0687. The summed E-state index contributed by atoms with van der Waals surface area (Å²) in [6, 6.07) is 6.77. The summed E-state index contributed by atoms with van der Waals surface area (Å²) in [5, 5.41) is 25.5. The van der Waals surface area contributed by atoms with E-state index in [2.05, 4.69) is 40.1 Å². The number of fused-ring (bicyclic) bond motifs is 3. The van der Waals surface area contributed by atoms with Gasteiger partial charge in [0.2, 0.25) is 16.0 Å². The Hall–Kier alpha value is -4.45. The number of imidazole rings is 2. The molecule has 1 amide bonds. The van der Waals surface area contributed by atoms with E-state index in [1.54, 1.807) is 33.6 Å². The zero-order chi connectivity index (χ0) is 24.5. The van der Waals surface area contributed by atoms with E-state index in [9.17, 15) is 18.5 Å². The molecule has 0 saturated carbocycles. The normalized spacial score (nSPS) is 11.8. The van der Waals surface area contributed by atoms with Gasteiger partial charge in [0.15, 0.2) is 11.5 Å². The molecule has 34 heavy (non-hydrogen) atoms. The minimum Gasteiger partial charge on any atom is -0.338 e. The van der Waals surface area contributed by atoms with Crippen molar-refractivity contribution < 1.29 is 13.2 Å². The lowest BCUT2D eigenvalue weighted by Gasteiger charge is -2.18. The average molecular weight is 482 g/mol. The van der Waals surface area contributed by atoms with Gasteiger partial charge in [-0.2, -0.15) is 10.2 Å². The van der Waals surface area contributed by atoms with Crippen molar-refractivity contribution in [3.8, 4) is 6.07 Å². The van der Waals surface area contributed by atoms with Crippen molar-refractivity contribution in [3.63, 3.8) is 0 Å². The molecule has 4 rings (SSSR count). The number of carbonyl (C=O) groups is 1. The number of aromatic amines is 1. The molecule has 174 valence electrons. The van der Waals surface area contributed by atoms with Gasteiger partial charge in [0.25, 0.3) is 11.7 Å². The van der Waals surface area contributed by atoms with E-state index in [4.69, 9.17) is 0 Å². The van der Waals surface area contributed by atoms with Gasteiger partial charge in [0, 0.05) is 13.1 Å². The molecular weight excluding hydrogens is 462 g/mol. The predicted octanol–water partition coefficient (Wildman–Crippen LogP) is 2.14. The highest BCUT2D eigenvalue weighted by Gasteiger charge is 2.20. The lowest BCUT2D eigenvalue weighted by Crippen LogP contribution is -2.31. The Kier molecular flexibility index (Phi) is 5.90.